The second-order valence-corrected chi connectivity index (χ2v) is 10.1. The first-order valence-corrected chi connectivity index (χ1v) is 10.8. The van der Waals surface area contributed by atoms with E-state index in [1.807, 2.05) is 13.8 Å². The van der Waals surface area contributed by atoms with Crippen LogP contribution in [0, 0.1) is 11.3 Å². The molecule has 1 aliphatic carbocycles. The Morgan fingerprint density at radius 2 is 2.17 bits per heavy atom. The molecule has 154 valence electrons. The van der Waals surface area contributed by atoms with Crippen molar-refractivity contribution in [1.29, 1.82) is 0 Å². The number of nitrogen functional groups attached to an aromatic ring is 1. The predicted molar refractivity (Wildman–Crippen MR) is 112 cm³/mol. The van der Waals surface area contributed by atoms with E-state index in [1.165, 1.54) is 16.9 Å². The first-order valence-electron chi connectivity index (χ1n) is 9.98. The second-order valence-electron chi connectivity index (χ2n) is 9.13. The molecule has 0 spiro atoms. The Labute approximate surface area is 174 Å². The third-order valence-electron chi connectivity index (χ3n) is 5.72. The molecule has 1 aliphatic rings. The molecule has 0 fully saturated rings. The van der Waals surface area contributed by atoms with Gasteiger partial charge in [-0.2, -0.15) is 0 Å². The summed E-state index contributed by atoms with van der Waals surface area (Å²) >= 11 is 1.30. The molecular formula is C21H27N5O2S. The average molecular weight is 414 g/mol. The summed E-state index contributed by atoms with van der Waals surface area (Å²) in [5, 5.41) is 17.4. The summed E-state index contributed by atoms with van der Waals surface area (Å²) in [4.78, 5) is 10.1. The SMILES string of the molecule is CC(C)[n+]1cc(/N=C(\[O-])c2sc3nc4c(cc3c2N)CC(C(C)(C)C)CC4)on1. The summed E-state index contributed by atoms with van der Waals surface area (Å²) in [7, 11) is 0. The molecule has 0 radical (unpaired) electrons. The smallest absolute Gasteiger partial charge is 0.320 e. The fourth-order valence-corrected chi connectivity index (χ4v) is 4.76. The fraction of sp³-hybridized carbons (Fsp3) is 0.524. The molecule has 3 aromatic rings. The van der Waals surface area contributed by atoms with E-state index in [-0.39, 0.29) is 17.3 Å². The lowest BCUT2D eigenvalue weighted by Gasteiger charge is -2.34. The summed E-state index contributed by atoms with van der Waals surface area (Å²) < 4.78 is 6.74. The first kappa shape index (κ1) is 19.8. The summed E-state index contributed by atoms with van der Waals surface area (Å²) in [6.45, 7) is 10.8. The number of rotatable bonds is 3. The molecule has 29 heavy (non-hydrogen) atoms. The third kappa shape index (κ3) is 3.73. The highest BCUT2D eigenvalue weighted by Gasteiger charge is 2.30. The maximum Gasteiger partial charge on any atom is 0.320 e. The minimum atomic E-state index is -0.428. The van der Waals surface area contributed by atoms with Crippen LogP contribution in [0.3, 0.4) is 0 Å². The molecule has 3 aromatic heterocycles. The van der Waals surface area contributed by atoms with Crippen LogP contribution in [0.1, 0.15) is 63.2 Å². The standard InChI is InChI=1S/C21H27N5O2S/c1-11(2)26-10-16(28-25-26)24-19(27)18-17(22)14-9-12-8-13(21(3,4)5)6-7-15(12)23-20(14)29-18/h9-11,13H,6-8H2,1-5H3,(H2-,22,24,25,27). The van der Waals surface area contributed by atoms with Gasteiger partial charge in [-0.3, -0.25) is 4.52 Å². The summed E-state index contributed by atoms with van der Waals surface area (Å²) in [6.07, 6.45) is 4.71. The average Bonchev–Trinajstić information content (AvgIpc) is 3.24. The van der Waals surface area contributed by atoms with E-state index < -0.39 is 5.90 Å². The van der Waals surface area contributed by atoms with Gasteiger partial charge in [0.05, 0.1) is 10.6 Å². The van der Waals surface area contributed by atoms with Gasteiger partial charge in [-0.25, -0.2) is 9.98 Å². The van der Waals surface area contributed by atoms with E-state index in [0.29, 0.717) is 16.5 Å². The molecule has 4 rings (SSSR count). The minimum absolute atomic E-state index is 0.125. The molecule has 2 N–H and O–H groups in total. The van der Waals surface area contributed by atoms with Gasteiger partial charge >= 0.3 is 5.88 Å². The van der Waals surface area contributed by atoms with E-state index in [4.69, 9.17) is 15.2 Å². The van der Waals surface area contributed by atoms with Crippen LogP contribution in [0.4, 0.5) is 11.6 Å². The number of aromatic nitrogens is 3. The van der Waals surface area contributed by atoms with Crippen molar-refractivity contribution >= 4 is 39.0 Å². The summed E-state index contributed by atoms with van der Waals surface area (Å²) in [5.74, 6) is 0.355. The van der Waals surface area contributed by atoms with Gasteiger partial charge < -0.3 is 10.8 Å². The van der Waals surface area contributed by atoms with Gasteiger partial charge in [0.2, 0.25) is 5.27 Å². The molecule has 0 aromatic carbocycles. The van der Waals surface area contributed by atoms with Crippen LogP contribution in [-0.4, -0.2) is 16.2 Å². The maximum atomic E-state index is 12.7. The molecule has 0 aliphatic heterocycles. The predicted octanol–water partition coefficient (Wildman–Crippen LogP) is 3.32. The molecule has 0 amide bonds. The Balaban J connectivity index is 1.70. The van der Waals surface area contributed by atoms with Crippen molar-refractivity contribution in [3.63, 3.8) is 0 Å². The number of thiophene rings is 1. The summed E-state index contributed by atoms with van der Waals surface area (Å²) in [6, 6.07) is 2.25. The van der Waals surface area contributed by atoms with E-state index in [9.17, 15) is 5.11 Å². The number of hydrogen-bond donors (Lipinski definition) is 1. The Morgan fingerprint density at radius 1 is 1.41 bits per heavy atom. The van der Waals surface area contributed by atoms with Crippen LogP contribution >= 0.6 is 11.3 Å². The Hall–Kier alpha value is -2.48. The first-order chi connectivity index (χ1) is 13.6. The number of nitrogens with two attached hydrogens (primary N) is 1. The van der Waals surface area contributed by atoms with Crippen molar-refractivity contribution in [1.82, 2.24) is 10.3 Å². The zero-order valence-electron chi connectivity index (χ0n) is 17.5. The minimum Gasteiger partial charge on any atom is -0.857 e. The monoisotopic (exact) mass is 413 g/mol. The van der Waals surface area contributed by atoms with Gasteiger partial charge in [0, 0.05) is 17.0 Å². The van der Waals surface area contributed by atoms with E-state index >= 15 is 0 Å². The molecular weight excluding hydrogens is 386 g/mol. The van der Waals surface area contributed by atoms with Gasteiger partial charge in [-0.1, -0.05) is 20.8 Å². The van der Waals surface area contributed by atoms with Gasteiger partial charge in [0.15, 0.2) is 6.04 Å². The molecule has 0 saturated heterocycles. The maximum absolute atomic E-state index is 12.7. The largest absolute Gasteiger partial charge is 0.857 e. The van der Waals surface area contributed by atoms with Crippen LogP contribution in [0.2, 0.25) is 0 Å². The number of fused-ring (bicyclic) bond motifs is 2. The number of aliphatic imine (C=N–C) groups is 1. The van der Waals surface area contributed by atoms with Gasteiger partial charge in [0.1, 0.15) is 4.83 Å². The Morgan fingerprint density at radius 3 is 2.83 bits per heavy atom. The van der Waals surface area contributed by atoms with E-state index in [1.54, 1.807) is 10.9 Å². The van der Waals surface area contributed by atoms with Crippen molar-refractivity contribution in [3.8, 4) is 0 Å². The van der Waals surface area contributed by atoms with Crippen LogP contribution in [0.5, 0.6) is 0 Å². The zero-order chi connectivity index (χ0) is 20.9. The molecule has 0 bridgehead atoms. The third-order valence-corrected chi connectivity index (χ3v) is 6.82. The lowest BCUT2D eigenvalue weighted by Crippen LogP contribution is -2.36. The van der Waals surface area contributed by atoms with Crippen LogP contribution in [-0.2, 0) is 12.8 Å². The van der Waals surface area contributed by atoms with Crippen molar-refractivity contribution in [2.75, 3.05) is 5.73 Å². The van der Waals surface area contributed by atoms with E-state index in [0.717, 1.165) is 35.2 Å². The molecule has 1 unspecified atom stereocenters. The Kier molecular flexibility index (Phi) is 4.85. The zero-order valence-corrected chi connectivity index (χ0v) is 18.3. The van der Waals surface area contributed by atoms with E-state index in [2.05, 4.69) is 37.1 Å². The number of hydrogen-bond acceptors (Lipinski definition) is 7. The van der Waals surface area contributed by atoms with Crippen LogP contribution in [0.15, 0.2) is 21.8 Å². The lowest BCUT2D eigenvalue weighted by molar-refractivity contribution is -0.779. The van der Waals surface area contributed by atoms with Crippen molar-refractivity contribution in [2.24, 2.45) is 16.3 Å². The molecule has 7 nitrogen and oxygen atoms in total. The second kappa shape index (κ2) is 7.09. The number of aryl methyl sites for hydroxylation is 1. The van der Waals surface area contributed by atoms with Gasteiger partial charge in [-0.15, -0.1) is 11.3 Å². The molecule has 3 heterocycles. The quantitative estimate of drug-likeness (QED) is 0.403. The number of nitrogens with zero attached hydrogens (tertiary/aromatic N) is 4. The highest BCUT2D eigenvalue weighted by molar-refractivity contribution is 7.21. The lowest BCUT2D eigenvalue weighted by atomic mass is 9.71. The topological polar surface area (TPSA) is 104 Å². The van der Waals surface area contributed by atoms with Crippen molar-refractivity contribution < 1.29 is 14.3 Å². The molecule has 0 saturated carbocycles. The van der Waals surface area contributed by atoms with Crippen molar-refractivity contribution in [2.45, 2.75) is 59.9 Å². The number of anilines is 1. The highest BCUT2D eigenvalue weighted by atomic mass is 32.1. The van der Waals surface area contributed by atoms with Gasteiger partial charge in [0.25, 0.3) is 6.20 Å². The normalized spacial score (nSPS) is 17.9. The van der Waals surface area contributed by atoms with Gasteiger partial charge in [-0.05, 0) is 60.8 Å². The summed E-state index contributed by atoms with van der Waals surface area (Å²) in [5.41, 5.74) is 9.42. The van der Waals surface area contributed by atoms with Crippen molar-refractivity contribution in [3.05, 3.63) is 28.4 Å². The molecule has 8 heteroatoms. The fourth-order valence-electron chi connectivity index (χ4n) is 3.78. The van der Waals surface area contributed by atoms with Crippen LogP contribution < -0.4 is 15.5 Å². The number of pyridine rings is 1. The highest BCUT2D eigenvalue weighted by Crippen LogP contribution is 2.40. The Bertz CT molecular complexity index is 1090. The molecule has 1 atom stereocenters. The van der Waals surface area contributed by atoms with Crippen LogP contribution in [0.25, 0.3) is 10.2 Å².